The van der Waals surface area contributed by atoms with E-state index < -0.39 is 23.5 Å². The van der Waals surface area contributed by atoms with Crippen LogP contribution in [0.1, 0.15) is 42.3 Å². The number of nitrogens with one attached hydrogen (secondary N) is 1. The van der Waals surface area contributed by atoms with Crippen LogP contribution in [0.4, 0.5) is 17.6 Å². The number of aromatic nitrogens is 1. The number of rotatable bonds is 3. The van der Waals surface area contributed by atoms with Crippen molar-refractivity contribution in [2.75, 3.05) is 0 Å². The van der Waals surface area contributed by atoms with Crippen LogP contribution in [0.2, 0.25) is 0 Å². The molecule has 8 heteroatoms. The van der Waals surface area contributed by atoms with E-state index in [1.807, 2.05) is 20.8 Å². The number of hydrogen-bond acceptors (Lipinski definition) is 3. The van der Waals surface area contributed by atoms with Crippen LogP contribution in [0.3, 0.4) is 0 Å². The van der Waals surface area contributed by atoms with Gasteiger partial charge in [0, 0.05) is 35.6 Å². The van der Waals surface area contributed by atoms with Crippen LogP contribution in [-0.4, -0.2) is 16.4 Å². The van der Waals surface area contributed by atoms with E-state index in [0.29, 0.717) is 5.56 Å². The molecule has 4 nitrogen and oxygen atoms in total. The van der Waals surface area contributed by atoms with Gasteiger partial charge in [-0.25, -0.2) is 4.39 Å². The lowest BCUT2D eigenvalue weighted by molar-refractivity contribution is -0.137. The van der Waals surface area contributed by atoms with Crippen molar-refractivity contribution in [1.29, 1.82) is 0 Å². The third kappa shape index (κ3) is 7.60. The van der Waals surface area contributed by atoms with E-state index in [1.54, 1.807) is 12.1 Å². The summed E-state index contributed by atoms with van der Waals surface area (Å²) in [6, 6.07) is 5.58. The minimum atomic E-state index is -4.44. The fourth-order valence-corrected chi connectivity index (χ4v) is 1.76. The number of carbonyl (C=O) groups is 1. The molecular weight excluding hydrogens is 350 g/mol. The van der Waals surface area contributed by atoms with E-state index in [9.17, 15) is 22.4 Å². The van der Waals surface area contributed by atoms with Gasteiger partial charge in [-0.2, -0.15) is 13.2 Å². The lowest BCUT2D eigenvalue weighted by Gasteiger charge is -2.21. The summed E-state index contributed by atoms with van der Waals surface area (Å²) in [5, 5.41) is 2.95. The largest absolute Gasteiger partial charge is 0.416 e. The van der Waals surface area contributed by atoms with Crippen LogP contribution in [0.5, 0.6) is 0 Å². The molecule has 0 aliphatic heterocycles. The molecule has 1 aromatic carbocycles. The number of nitrogens with zero attached hydrogens (tertiary/aromatic N) is 1. The minimum absolute atomic E-state index is 0.0229. The number of hydrogen-bond donors (Lipinski definition) is 2. The fourth-order valence-electron chi connectivity index (χ4n) is 1.76. The summed E-state index contributed by atoms with van der Waals surface area (Å²) >= 11 is 0. The van der Waals surface area contributed by atoms with Crippen molar-refractivity contribution in [1.82, 2.24) is 10.3 Å². The highest BCUT2D eigenvalue weighted by Crippen LogP contribution is 2.30. The molecule has 3 N–H and O–H groups in total. The van der Waals surface area contributed by atoms with Gasteiger partial charge in [0.05, 0.1) is 5.56 Å². The minimum Gasteiger partial charge on any atom is -0.366 e. The number of primary amides is 1. The Morgan fingerprint density at radius 3 is 2.12 bits per heavy atom. The van der Waals surface area contributed by atoms with Crippen LogP contribution < -0.4 is 11.1 Å². The van der Waals surface area contributed by atoms with E-state index in [4.69, 9.17) is 5.73 Å². The van der Waals surface area contributed by atoms with Crippen LogP contribution in [-0.2, 0) is 12.7 Å². The van der Waals surface area contributed by atoms with Crippen LogP contribution in [0.15, 0.2) is 42.7 Å². The van der Waals surface area contributed by atoms with Gasteiger partial charge in [0.2, 0.25) is 5.91 Å². The molecule has 1 aromatic heterocycles. The molecule has 0 spiro atoms. The summed E-state index contributed by atoms with van der Waals surface area (Å²) < 4.78 is 50.6. The monoisotopic (exact) mass is 371 g/mol. The van der Waals surface area contributed by atoms with Crippen LogP contribution in [0.25, 0.3) is 0 Å². The predicted molar refractivity (Wildman–Crippen MR) is 90.7 cm³/mol. The zero-order chi connectivity index (χ0) is 20.0. The second kappa shape index (κ2) is 8.75. The Morgan fingerprint density at radius 2 is 1.69 bits per heavy atom. The Morgan fingerprint density at radius 1 is 1.12 bits per heavy atom. The summed E-state index contributed by atoms with van der Waals surface area (Å²) in [5.74, 6) is -1.05. The van der Waals surface area contributed by atoms with Gasteiger partial charge in [-0.1, -0.05) is 0 Å². The normalized spacial score (nSPS) is 11.5. The zero-order valence-corrected chi connectivity index (χ0v) is 14.7. The van der Waals surface area contributed by atoms with Crippen molar-refractivity contribution in [2.24, 2.45) is 5.73 Å². The fraction of sp³-hybridized carbons (Fsp3) is 0.333. The molecule has 0 bridgehead atoms. The van der Waals surface area contributed by atoms with E-state index in [0.717, 1.165) is 18.2 Å². The van der Waals surface area contributed by atoms with E-state index in [1.165, 1.54) is 12.4 Å². The van der Waals surface area contributed by atoms with Crippen molar-refractivity contribution in [2.45, 2.75) is 39.0 Å². The Bertz CT molecular complexity index is 725. The molecule has 0 saturated carbocycles. The maximum atomic E-state index is 13.3. The van der Waals surface area contributed by atoms with Gasteiger partial charge in [0.15, 0.2) is 0 Å². The molecular formula is C18H21F4N3O. The van der Waals surface area contributed by atoms with Crippen LogP contribution in [0, 0.1) is 5.82 Å². The Balaban J connectivity index is 0.000000314. The summed E-state index contributed by atoms with van der Waals surface area (Å²) in [5.41, 5.74) is 4.35. The zero-order valence-electron chi connectivity index (χ0n) is 14.7. The Kier molecular flexibility index (Phi) is 7.26. The number of alkyl halides is 3. The highest BCUT2D eigenvalue weighted by atomic mass is 19.4. The number of halogens is 4. The number of carbonyl (C=O) groups excluding carboxylic acids is 1. The Hall–Kier alpha value is -2.48. The molecule has 1 amide bonds. The summed E-state index contributed by atoms with van der Waals surface area (Å²) in [4.78, 5) is 14.1. The third-order valence-electron chi connectivity index (χ3n) is 3.15. The van der Waals surface area contributed by atoms with Gasteiger partial charge in [0.1, 0.15) is 5.82 Å². The highest BCUT2D eigenvalue weighted by molar-refractivity contribution is 5.92. The number of pyridine rings is 1. The molecule has 0 radical (unpaired) electrons. The van der Waals surface area contributed by atoms with Gasteiger partial charge in [-0.15, -0.1) is 0 Å². The van der Waals surface area contributed by atoms with Gasteiger partial charge in [0.25, 0.3) is 0 Å². The molecule has 1 heterocycles. The molecule has 0 atom stereocenters. The van der Waals surface area contributed by atoms with Gasteiger partial charge < -0.3 is 11.1 Å². The van der Waals surface area contributed by atoms with Gasteiger partial charge in [-0.05, 0) is 51.1 Å². The number of benzene rings is 1. The molecule has 0 saturated heterocycles. The SMILES string of the molecule is CC(C)(C)NCc1cc(C(F)(F)F)ccc1F.NC(=O)c1ccncc1. The van der Waals surface area contributed by atoms with Crippen molar-refractivity contribution in [3.63, 3.8) is 0 Å². The average Bonchev–Trinajstić information content (AvgIpc) is 2.53. The molecule has 0 fully saturated rings. The molecule has 0 aliphatic carbocycles. The lowest BCUT2D eigenvalue weighted by atomic mass is 10.1. The average molecular weight is 371 g/mol. The van der Waals surface area contributed by atoms with E-state index in [-0.39, 0.29) is 17.6 Å². The second-order valence-corrected chi connectivity index (χ2v) is 6.51. The first kappa shape index (κ1) is 21.6. The summed E-state index contributed by atoms with van der Waals surface area (Å²) in [6.45, 7) is 5.65. The smallest absolute Gasteiger partial charge is 0.366 e. The van der Waals surface area contributed by atoms with Crippen molar-refractivity contribution < 1.29 is 22.4 Å². The molecule has 0 aliphatic rings. The van der Waals surface area contributed by atoms with Gasteiger partial charge >= 0.3 is 6.18 Å². The molecule has 2 aromatic rings. The van der Waals surface area contributed by atoms with Crippen molar-refractivity contribution in [3.05, 3.63) is 65.2 Å². The summed E-state index contributed by atoms with van der Waals surface area (Å²) in [6.07, 6.45) is -1.38. The first-order valence-electron chi connectivity index (χ1n) is 7.70. The topological polar surface area (TPSA) is 68.0 Å². The molecule has 0 unspecified atom stereocenters. The molecule has 2 rings (SSSR count). The Labute approximate surface area is 149 Å². The molecule has 26 heavy (non-hydrogen) atoms. The predicted octanol–water partition coefficient (Wildman–Crippen LogP) is 3.91. The third-order valence-corrected chi connectivity index (χ3v) is 3.15. The quantitative estimate of drug-likeness (QED) is 0.804. The lowest BCUT2D eigenvalue weighted by Crippen LogP contribution is -2.35. The number of amides is 1. The highest BCUT2D eigenvalue weighted by Gasteiger charge is 2.31. The first-order chi connectivity index (χ1) is 11.9. The van der Waals surface area contributed by atoms with Crippen molar-refractivity contribution in [3.8, 4) is 0 Å². The number of nitrogens with two attached hydrogens (primary N) is 1. The maximum Gasteiger partial charge on any atom is 0.416 e. The van der Waals surface area contributed by atoms with Crippen LogP contribution >= 0.6 is 0 Å². The van der Waals surface area contributed by atoms with E-state index in [2.05, 4.69) is 10.3 Å². The van der Waals surface area contributed by atoms with E-state index >= 15 is 0 Å². The van der Waals surface area contributed by atoms with Gasteiger partial charge in [-0.3, -0.25) is 9.78 Å². The second-order valence-electron chi connectivity index (χ2n) is 6.51. The summed E-state index contributed by atoms with van der Waals surface area (Å²) in [7, 11) is 0. The molecule has 142 valence electrons. The van der Waals surface area contributed by atoms with Crippen molar-refractivity contribution >= 4 is 5.91 Å². The first-order valence-corrected chi connectivity index (χ1v) is 7.70. The maximum absolute atomic E-state index is 13.3. The standard InChI is InChI=1S/C12H15F4N.C6H6N2O/c1-11(2,3)17-7-8-6-9(12(14,15)16)4-5-10(8)13;7-6(9)5-1-3-8-4-2-5/h4-6,17H,7H2,1-3H3;1-4H,(H2,7,9).